The van der Waals surface area contributed by atoms with Gasteiger partial charge in [0.25, 0.3) is 0 Å². The highest BCUT2D eigenvalue weighted by Crippen LogP contribution is 2.37. The lowest BCUT2D eigenvalue weighted by atomic mass is 10.4. The van der Waals surface area contributed by atoms with Crippen molar-refractivity contribution in [1.82, 2.24) is 19.9 Å². The molecule has 2 aromatic rings. The van der Waals surface area contributed by atoms with Crippen molar-refractivity contribution in [1.29, 1.82) is 0 Å². The molecule has 0 aromatic carbocycles. The number of fused-ring (bicyclic) bond motifs is 1. The lowest BCUT2D eigenvalue weighted by Crippen LogP contribution is -2.48. The summed E-state index contributed by atoms with van der Waals surface area (Å²) < 4.78 is 2.56. The van der Waals surface area contributed by atoms with E-state index in [1.807, 2.05) is 0 Å². The lowest BCUT2D eigenvalue weighted by Gasteiger charge is -2.36. The summed E-state index contributed by atoms with van der Waals surface area (Å²) in [6.07, 6.45) is 6.31. The van der Waals surface area contributed by atoms with Crippen molar-refractivity contribution in [3.05, 3.63) is 18.7 Å². The topological polar surface area (TPSA) is 54.8 Å². The van der Waals surface area contributed by atoms with E-state index in [4.69, 9.17) is 0 Å². The van der Waals surface area contributed by atoms with Crippen molar-refractivity contribution in [2.75, 3.05) is 11.1 Å². The van der Waals surface area contributed by atoms with Crippen LogP contribution in [0.2, 0.25) is 18.1 Å². The van der Waals surface area contributed by atoms with E-state index in [0.717, 1.165) is 17.9 Å². The van der Waals surface area contributed by atoms with Crippen LogP contribution < -0.4 is 4.57 Å². The van der Waals surface area contributed by atoms with Crippen molar-refractivity contribution in [3.8, 4) is 0 Å². The maximum absolute atomic E-state index is 4.53. The Balaban J connectivity index is 2.14. The molecular weight excluding hydrogens is 254 g/mol. The first kappa shape index (κ1) is 12.5. The van der Waals surface area contributed by atoms with Gasteiger partial charge in [-0.2, -0.15) is 0 Å². The summed E-state index contributed by atoms with van der Waals surface area (Å²) in [5.74, 6) is 1.01. The monoisotopic (exact) mass is 273 g/mol. The van der Waals surface area contributed by atoms with E-state index in [1.54, 1.807) is 18.7 Å². The molecule has 100 valence electrons. The third-order valence-electron chi connectivity index (χ3n) is 4.42. The van der Waals surface area contributed by atoms with Gasteiger partial charge in [-0.25, -0.2) is 19.9 Å². The summed E-state index contributed by atoms with van der Waals surface area (Å²) in [6, 6.07) is 3.91. The first-order valence-electron chi connectivity index (χ1n) is 7.00. The van der Waals surface area contributed by atoms with Gasteiger partial charge in [0.1, 0.15) is 11.8 Å². The van der Waals surface area contributed by atoms with Crippen LogP contribution in [0.1, 0.15) is 20.3 Å². The third kappa shape index (κ3) is 1.90. The lowest BCUT2D eigenvalue weighted by molar-refractivity contribution is 0.960. The minimum absolute atomic E-state index is 0.703. The molecule has 0 spiro atoms. The first-order chi connectivity index (χ1) is 9.30. The Morgan fingerprint density at radius 3 is 2.68 bits per heavy atom. The molecule has 6 heteroatoms. The second-order valence-electron chi connectivity index (χ2n) is 5.11. The number of hydrogen-bond donors (Lipinski definition) is 0. The van der Waals surface area contributed by atoms with Crippen LogP contribution in [0.5, 0.6) is 0 Å². The number of hydrogen-bond acceptors (Lipinski definition) is 5. The van der Waals surface area contributed by atoms with Crippen LogP contribution in [0.25, 0.3) is 11.2 Å². The number of aromatic nitrogens is 4. The molecular formula is C13H19N5Si. The van der Waals surface area contributed by atoms with Gasteiger partial charge in [-0.3, -0.25) is 0 Å². The highest BCUT2D eigenvalue weighted by Gasteiger charge is 2.42. The molecule has 0 saturated carbocycles. The van der Waals surface area contributed by atoms with E-state index in [9.17, 15) is 0 Å². The van der Waals surface area contributed by atoms with Crippen molar-refractivity contribution >= 4 is 25.2 Å². The Bertz CT molecular complexity index is 579. The molecule has 0 atom stereocenters. The molecule has 5 nitrogen and oxygen atoms in total. The third-order valence-corrected chi connectivity index (χ3v) is 9.92. The van der Waals surface area contributed by atoms with Gasteiger partial charge in [0, 0.05) is 18.9 Å². The number of nitrogens with zero attached hydrogens (tertiary/aromatic N) is 5. The minimum Gasteiger partial charge on any atom is -0.381 e. The largest absolute Gasteiger partial charge is 0.381 e. The predicted octanol–water partition coefficient (Wildman–Crippen LogP) is 2.62. The fourth-order valence-electron chi connectivity index (χ4n) is 3.23. The summed E-state index contributed by atoms with van der Waals surface area (Å²) in [5.41, 5.74) is 1.56. The van der Waals surface area contributed by atoms with Gasteiger partial charge >= 0.3 is 0 Å². The van der Waals surface area contributed by atoms with Crippen molar-refractivity contribution in [2.24, 2.45) is 0 Å². The Hall–Kier alpha value is -1.56. The second kappa shape index (κ2) is 4.84. The highest BCUT2D eigenvalue weighted by atomic mass is 28.3. The average molecular weight is 273 g/mol. The molecule has 1 aliphatic heterocycles. The van der Waals surface area contributed by atoms with Crippen LogP contribution in [0.15, 0.2) is 18.7 Å². The minimum atomic E-state index is -1.39. The summed E-state index contributed by atoms with van der Waals surface area (Å²) in [4.78, 5) is 17.5. The van der Waals surface area contributed by atoms with Gasteiger partial charge < -0.3 is 4.57 Å². The van der Waals surface area contributed by atoms with Crippen LogP contribution in [-0.2, 0) is 0 Å². The predicted molar refractivity (Wildman–Crippen MR) is 78.6 cm³/mol. The molecule has 1 saturated heterocycles. The fraction of sp³-hybridized carbons (Fsp3) is 0.538. The maximum atomic E-state index is 4.53. The Morgan fingerprint density at radius 1 is 1.11 bits per heavy atom. The van der Waals surface area contributed by atoms with Gasteiger partial charge in [0.2, 0.25) is 0 Å². The first-order valence-corrected chi connectivity index (χ1v) is 9.57. The van der Waals surface area contributed by atoms with E-state index in [0.29, 0.717) is 5.65 Å². The van der Waals surface area contributed by atoms with Gasteiger partial charge in [0.15, 0.2) is 19.7 Å². The zero-order valence-corrected chi connectivity index (χ0v) is 12.5. The zero-order chi connectivity index (χ0) is 13.3. The smallest absolute Gasteiger partial charge is 0.183 e. The van der Waals surface area contributed by atoms with Crippen molar-refractivity contribution in [2.45, 2.75) is 38.4 Å². The van der Waals surface area contributed by atoms with Crippen LogP contribution in [0.3, 0.4) is 0 Å². The van der Waals surface area contributed by atoms with Crippen LogP contribution >= 0.6 is 0 Å². The Morgan fingerprint density at radius 2 is 1.89 bits per heavy atom. The molecule has 0 N–H and O–H groups in total. The summed E-state index contributed by atoms with van der Waals surface area (Å²) in [7, 11) is -1.39. The van der Waals surface area contributed by atoms with Crippen molar-refractivity contribution in [3.63, 3.8) is 0 Å². The van der Waals surface area contributed by atoms with E-state index in [-0.39, 0.29) is 0 Å². The van der Waals surface area contributed by atoms with E-state index < -0.39 is 8.24 Å². The average Bonchev–Trinajstić information content (AvgIpc) is 2.91. The normalized spacial score (nSPS) is 18.1. The second-order valence-corrected chi connectivity index (χ2v) is 10.0. The number of anilines is 1. The Kier molecular flexibility index (Phi) is 3.18. The molecule has 1 fully saturated rings. The zero-order valence-electron chi connectivity index (χ0n) is 11.5. The molecule has 0 aliphatic carbocycles. The van der Waals surface area contributed by atoms with Crippen molar-refractivity contribution < 1.29 is 0 Å². The molecule has 1 aliphatic rings. The molecule has 0 amide bonds. The SMILES string of the molecule is CC[Si]1(CC)CCCN1c1ncnc2nccnc12. The summed E-state index contributed by atoms with van der Waals surface area (Å²) >= 11 is 0. The van der Waals surface area contributed by atoms with E-state index in [2.05, 4.69) is 38.3 Å². The fourth-order valence-corrected chi connectivity index (χ4v) is 7.54. The van der Waals surface area contributed by atoms with E-state index in [1.165, 1.54) is 24.6 Å². The van der Waals surface area contributed by atoms with E-state index >= 15 is 0 Å². The molecule has 0 radical (unpaired) electrons. The molecule has 0 unspecified atom stereocenters. The molecule has 3 heterocycles. The van der Waals surface area contributed by atoms with Crippen LogP contribution in [0, 0.1) is 0 Å². The molecule has 3 rings (SSSR count). The standard InChI is InChI=1S/C13H19N5Si/c1-3-19(4-2)9-5-8-18(19)13-11-12(16-10-17-13)15-7-6-14-11/h6-7,10H,3-5,8-9H2,1-2H3. The van der Waals surface area contributed by atoms with Gasteiger partial charge in [-0.1, -0.05) is 13.8 Å². The summed E-state index contributed by atoms with van der Waals surface area (Å²) in [5, 5.41) is 0. The van der Waals surface area contributed by atoms with Gasteiger partial charge in [0.05, 0.1) is 0 Å². The van der Waals surface area contributed by atoms with Gasteiger partial charge in [-0.05, 0) is 24.6 Å². The summed E-state index contributed by atoms with van der Waals surface area (Å²) in [6.45, 7) is 5.75. The molecule has 2 aromatic heterocycles. The molecule has 0 bridgehead atoms. The molecule has 19 heavy (non-hydrogen) atoms. The van der Waals surface area contributed by atoms with Gasteiger partial charge in [-0.15, -0.1) is 0 Å². The van der Waals surface area contributed by atoms with Crippen LogP contribution in [0.4, 0.5) is 5.82 Å². The highest BCUT2D eigenvalue weighted by molar-refractivity contribution is 6.84. The maximum Gasteiger partial charge on any atom is 0.183 e. The van der Waals surface area contributed by atoms with Crippen LogP contribution in [-0.4, -0.2) is 34.7 Å². The Labute approximate surface area is 114 Å². The number of rotatable bonds is 3. The quantitative estimate of drug-likeness (QED) is 0.805.